The van der Waals surface area contributed by atoms with Crippen LogP contribution >= 0.6 is 11.6 Å². The number of hydrogen-bond donors (Lipinski definition) is 1. The smallest absolute Gasteiger partial charge is 0.337 e. The van der Waals surface area contributed by atoms with E-state index in [4.69, 9.17) is 11.6 Å². The zero-order valence-corrected chi connectivity index (χ0v) is 20.9. The molecule has 1 aliphatic rings. The highest BCUT2D eigenvalue weighted by Crippen LogP contribution is 2.34. The van der Waals surface area contributed by atoms with E-state index in [1.165, 1.54) is 29.2 Å². The number of rotatable bonds is 5. The van der Waals surface area contributed by atoms with Crippen LogP contribution in [0.4, 0.5) is 27.8 Å². The highest BCUT2D eigenvalue weighted by atomic mass is 35.5. The number of pyridine rings is 3. The monoisotopic (exact) mass is 577 g/mol. The molecule has 14 heteroatoms. The minimum atomic E-state index is -4.97. The standard InChI is InChI=1S/C26H17ClF5N5O3/c27-14-4-1-3-13(9-14)22(26(30,31)32)35-25(40)17-12-37(24-18(29)10-15(28)11-33-24)23-16(21(17)39)6-7-19(34-23)36-8-2-5-20(36)38/h1,3-4,6-7,9-12,22H,2,5,8H2,(H,35,40). The second-order valence-electron chi connectivity index (χ2n) is 8.89. The van der Waals surface area contributed by atoms with Gasteiger partial charge in [0.2, 0.25) is 11.3 Å². The lowest BCUT2D eigenvalue weighted by molar-refractivity contribution is -0.155. The van der Waals surface area contributed by atoms with Crippen molar-refractivity contribution in [3.63, 3.8) is 0 Å². The van der Waals surface area contributed by atoms with Gasteiger partial charge in [0.15, 0.2) is 23.3 Å². The Morgan fingerprint density at radius 1 is 1.10 bits per heavy atom. The van der Waals surface area contributed by atoms with E-state index in [2.05, 4.69) is 9.97 Å². The molecule has 3 aromatic heterocycles. The molecule has 1 N–H and O–H groups in total. The number of nitrogens with one attached hydrogen (secondary N) is 1. The van der Waals surface area contributed by atoms with Crippen LogP contribution in [-0.4, -0.2) is 39.1 Å². The molecule has 0 saturated carbocycles. The maximum absolute atomic E-state index is 14.8. The van der Waals surface area contributed by atoms with Gasteiger partial charge >= 0.3 is 6.18 Å². The molecule has 0 aliphatic carbocycles. The van der Waals surface area contributed by atoms with Crippen LogP contribution in [0, 0.1) is 11.6 Å². The van der Waals surface area contributed by atoms with E-state index in [1.807, 2.05) is 0 Å². The Hall–Kier alpha value is -4.39. The van der Waals surface area contributed by atoms with Gasteiger partial charge in [-0.3, -0.25) is 23.9 Å². The molecule has 4 heterocycles. The number of carbonyl (C=O) groups is 2. The first-order valence-corrected chi connectivity index (χ1v) is 12.1. The van der Waals surface area contributed by atoms with Gasteiger partial charge in [-0.1, -0.05) is 23.7 Å². The Balaban J connectivity index is 1.67. The minimum Gasteiger partial charge on any atom is -0.337 e. The molecule has 1 unspecified atom stereocenters. The minimum absolute atomic E-state index is 0.00900. The van der Waals surface area contributed by atoms with Crippen molar-refractivity contribution in [2.45, 2.75) is 25.1 Å². The fourth-order valence-corrected chi connectivity index (χ4v) is 4.59. The predicted octanol–water partition coefficient (Wildman–Crippen LogP) is 4.87. The normalized spacial score (nSPS) is 14.6. The first-order chi connectivity index (χ1) is 18.9. The summed E-state index contributed by atoms with van der Waals surface area (Å²) in [6.45, 7) is 0.341. The van der Waals surface area contributed by atoms with Crippen LogP contribution in [0.5, 0.6) is 0 Å². The SMILES string of the molecule is O=C(NC(c1cccc(Cl)c1)C(F)(F)F)c1cn(-c2ncc(F)cc2F)c2nc(N3CCCC3=O)ccc2c1=O. The van der Waals surface area contributed by atoms with Crippen molar-refractivity contribution < 1.29 is 31.5 Å². The molecule has 0 bridgehead atoms. The molecule has 1 atom stereocenters. The lowest BCUT2D eigenvalue weighted by Crippen LogP contribution is -2.40. The van der Waals surface area contributed by atoms with Crippen LogP contribution in [0.3, 0.4) is 0 Å². The molecule has 5 rings (SSSR count). The number of amides is 2. The van der Waals surface area contributed by atoms with Crippen LogP contribution < -0.4 is 15.6 Å². The van der Waals surface area contributed by atoms with Gasteiger partial charge in [0, 0.05) is 30.3 Å². The van der Waals surface area contributed by atoms with E-state index in [1.54, 1.807) is 5.32 Å². The summed E-state index contributed by atoms with van der Waals surface area (Å²) < 4.78 is 71.1. The second-order valence-corrected chi connectivity index (χ2v) is 9.33. The van der Waals surface area contributed by atoms with E-state index in [0.717, 1.165) is 22.9 Å². The molecule has 1 saturated heterocycles. The third-order valence-electron chi connectivity index (χ3n) is 6.23. The van der Waals surface area contributed by atoms with Crippen molar-refractivity contribution >= 4 is 40.3 Å². The fraction of sp³-hybridized carbons (Fsp3) is 0.192. The number of anilines is 1. The van der Waals surface area contributed by atoms with Crippen molar-refractivity contribution in [1.29, 1.82) is 0 Å². The molecule has 1 aliphatic heterocycles. The summed E-state index contributed by atoms with van der Waals surface area (Å²) in [5, 5.41) is 1.52. The fourth-order valence-electron chi connectivity index (χ4n) is 4.39. The van der Waals surface area contributed by atoms with Gasteiger partial charge in [-0.05, 0) is 36.2 Å². The van der Waals surface area contributed by atoms with Gasteiger partial charge in [0.1, 0.15) is 17.2 Å². The van der Waals surface area contributed by atoms with Gasteiger partial charge in [0.05, 0.1) is 11.6 Å². The lowest BCUT2D eigenvalue weighted by Gasteiger charge is -2.22. The van der Waals surface area contributed by atoms with Crippen LogP contribution in [0.25, 0.3) is 16.9 Å². The van der Waals surface area contributed by atoms with Gasteiger partial charge in [-0.2, -0.15) is 13.2 Å². The number of fused-ring (bicyclic) bond motifs is 1. The molecule has 40 heavy (non-hydrogen) atoms. The zero-order chi connectivity index (χ0) is 28.8. The van der Waals surface area contributed by atoms with Crippen LogP contribution in [0.15, 0.2) is 59.7 Å². The first-order valence-electron chi connectivity index (χ1n) is 11.8. The Kier molecular flexibility index (Phi) is 7.00. The Bertz CT molecular complexity index is 1730. The summed E-state index contributed by atoms with van der Waals surface area (Å²) in [5.74, 6) is -4.34. The van der Waals surface area contributed by atoms with Gasteiger partial charge < -0.3 is 5.32 Å². The molecule has 0 radical (unpaired) electrons. The average Bonchev–Trinajstić information content (AvgIpc) is 3.32. The van der Waals surface area contributed by atoms with Crippen molar-refractivity contribution in [1.82, 2.24) is 19.9 Å². The van der Waals surface area contributed by atoms with E-state index in [0.29, 0.717) is 25.2 Å². The number of hydrogen-bond acceptors (Lipinski definition) is 5. The highest BCUT2D eigenvalue weighted by molar-refractivity contribution is 6.30. The largest absolute Gasteiger partial charge is 0.412 e. The van der Waals surface area contributed by atoms with E-state index in [9.17, 15) is 36.3 Å². The number of benzene rings is 1. The molecule has 0 spiro atoms. The van der Waals surface area contributed by atoms with Crippen molar-refractivity contribution in [2.24, 2.45) is 0 Å². The maximum Gasteiger partial charge on any atom is 0.412 e. The summed E-state index contributed by atoms with van der Waals surface area (Å²) in [4.78, 5) is 48.1. The third kappa shape index (κ3) is 5.11. The Morgan fingerprint density at radius 2 is 1.88 bits per heavy atom. The van der Waals surface area contributed by atoms with Crippen LogP contribution in [0.2, 0.25) is 5.02 Å². The predicted molar refractivity (Wildman–Crippen MR) is 134 cm³/mol. The number of aromatic nitrogens is 3. The average molecular weight is 578 g/mol. The van der Waals surface area contributed by atoms with Crippen molar-refractivity contribution in [3.05, 3.63) is 92.9 Å². The summed E-state index contributed by atoms with van der Waals surface area (Å²) in [6, 6.07) is 5.25. The van der Waals surface area contributed by atoms with Crippen molar-refractivity contribution in [2.75, 3.05) is 11.4 Å². The second kappa shape index (κ2) is 10.3. The number of halogens is 6. The molecule has 206 valence electrons. The quantitative estimate of drug-likeness (QED) is 0.341. The topological polar surface area (TPSA) is 97.2 Å². The van der Waals surface area contributed by atoms with Crippen LogP contribution in [-0.2, 0) is 4.79 Å². The summed E-state index contributed by atoms with van der Waals surface area (Å²) in [5.41, 5.74) is -2.44. The lowest BCUT2D eigenvalue weighted by atomic mass is 10.1. The van der Waals surface area contributed by atoms with E-state index >= 15 is 0 Å². The molecule has 1 aromatic carbocycles. The maximum atomic E-state index is 14.8. The van der Waals surface area contributed by atoms with Gasteiger partial charge in [-0.25, -0.2) is 18.7 Å². The Morgan fingerprint density at radius 3 is 2.52 bits per heavy atom. The van der Waals surface area contributed by atoms with Gasteiger partial charge in [0.25, 0.3) is 5.91 Å². The van der Waals surface area contributed by atoms with E-state index in [-0.39, 0.29) is 39.8 Å². The van der Waals surface area contributed by atoms with Crippen LogP contribution in [0.1, 0.15) is 34.8 Å². The number of nitrogens with zero attached hydrogens (tertiary/aromatic N) is 4. The molecular formula is C26H17ClF5N5O3. The molecule has 1 fully saturated rings. The molecule has 4 aromatic rings. The summed E-state index contributed by atoms with van der Waals surface area (Å²) in [6.07, 6.45) is -2.69. The van der Waals surface area contributed by atoms with Crippen molar-refractivity contribution in [3.8, 4) is 5.82 Å². The summed E-state index contributed by atoms with van der Waals surface area (Å²) in [7, 11) is 0. The number of carbonyl (C=O) groups excluding carboxylic acids is 2. The molecule has 2 amide bonds. The molecular weight excluding hydrogens is 561 g/mol. The molecule has 8 nitrogen and oxygen atoms in total. The van der Waals surface area contributed by atoms with E-state index < -0.39 is 46.6 Å². The number of alkyl halides is 3. The van der Waals surface area contributed by atoms with Gasteiger partial charge in [-0.15, -0.1) is 0 Å². The zero-order valence-electron chi connectivity index (χ0n) is 20.2. The Labute approximate surface area is 227 Å². The summed E-state index contributed by atoms with van der Waals surface area (Å²) >= 11 is 5.83. The first kappa shape index (κ1) is 27.2. The highest BCUT2D eigenvalue weighted by Gasteiger charge is 2.42. The third-order valence-corrected chi connectivity index (χ3v) is 6.47.